The van der Waals surface area contributed by atoms with Crippen LogP contribution in [0.1, 0.15) is 39.5 Å². The zero-order valence-electron chi connectivity index (χ0n) is 12.5. The zero-order valence-corrected chi connectivity index (χ0v) is 12.5. The normalized spacial score (nSPS) is 10.4. The first kappa shape index (κ1) is 14.3. The molecule has 2 aromatic carbocycles. The molecule has 0 saturated heterocycles. The van der Waals surface area contributed by atoms with Crippen molar-refractivity contribution in [1.82, 2.24) is 0 Å². The molecule has 104 valence electrons. The molecule has 0 saturated carbocycles. The van der Waals surface area contributed by atoms with Crippen molar-refractivity contribution in [2.75, 3.05) is 0 Å². The number of hydrogen-bond donors (Lipinski definition) is 0. The molecule has 0 radical (unpaired) electrons. The first-order valence-electron chi connectivity index (χ1n) is 6.78. The summed E-state index contributed by atoms with van der Waals surface area (Å²) in [5.41, 5.74) is 5.35. The Labute approximate surface area is 120 Å². The fourth-order valence-corrected chi connectivity index (χ4v) is 2.10. The highest BCUT2D eigenvalue weighted by atomic mass is 16.5. The van der Waals surface area contributed by atoms with Crippen LogP contribution in [0.25, 0.3) is 0 Å². The lowest BCUT2D eigenvalue weighted by molar-refractivity contribution is 0.101. The van der Waals surface area contributed by atoms with Gasteiger partial charge in [0.25, 0.3) is 0 Å². The SMILES string of the molecule is CC(=O)c1cc(C)ccc1OCc1ccc(C)c(C)c1. The molecule has 2 aromatic rings. The second kappa shape index (κ2) is 5.91. The number of aryl methyl sites for hydroxylation is 3. The third-order valence-corrected chi connectivity index (χ3v) is 3.48. The average Bonchev–Trinajstić information content (AvgIpc) is 2.41. The smallest absolute Gasteiger partial charge is 0.163 e. The van der Waals surface area contributed by atoms with Gasteiger partial charge in [0.05, 0.1) is 5.56 Å². The van der Waals surface area contributed by atoms with Crippen molar-refractivity contribution in [1.29, 1.82) is 0 Å². The van der Waals surface area contributed by atoms with Gasteiger partial charge >= 0.3 is 0 Å². The van der Waals surface area contributed by atoms with E-state index >= 15 is 0 Å². The molecule has 0 spiro atoms. The minimum absolute atomic E-state index is 0.0313. The van der Waals surface area contributed by atoms with Gasteiger partial charge in [0.15, 0.2) is 5.78 Å². The molecule has 0 heterocycles. The molecule has 0 aliphatic heterocycles. The van der Waals surface area contributed by atoms with Crippen molar-refractivity contribution in [2.24, 2.45) is 0 Å². The first-order valence-corrected chi connectivity index (χ1v) is 6.78. The van der Waals surface area contributed by atoms with Gasteiger partial charge in [-0.15, -0.1) is 0 Å². The minimum Gasteiger partial charge on any atom is -0.488 e. The lowest BCUT2D eigenvalue weighted by Gasteiger charge is -2.11. The molecule has 0 aliphatic carbocycles. The van der Waals surface area contributed by atoms with Gasteiger partial charge < -0.3 is 4.74 Å². The Morgan fingerprint density at radius 1 is 1.00 bits per heavy atom. The van der Waals surface area contributed by atoms with E-state index in [1.54, 1.807) is 6.92 Å². The number of rotatable bonds is 4. The van der Waals surface area contributed by atoms with Crippen LogP contribution in [0.4, 0.5) is 0 Å². The van der Waals surface area contributed by atoms with E-state index in [0.717, 1.165) is 11.1 Å². The fraction of sp³-hybridized carbons (Fsp3) is 0.278. The number of carbonyl (C=O) groups is 1. The Bertz CT molecular complexity index is 642. The Morgan fingerprint density at radius 3 is 2.40 bits per heavy atom. The third kappa shape index (κ3) is 3.27. The highest BCUT2D eigenvalue weighted by Gasteiger charge is 2.09. The Balaban J connectivity index is 2.18. The maximum Gasteiger partial charge on any atom is 0.163 e. The summed E-state index contributed by atoms with van der Waals surface area (Å²) < 4.78 is 5.81. The van der Waals surface area contributed by atoms with Gasteiger partial charge in [0, 0.05) is 0 Å². The summed E-state index contributed by atoms with van der Waals surface area (Å²) in [6, 6.07) is 12.0. The van der Waals surface area contributed by atoms with Gasteiger partial charge in [-0.3, -0.25) is 4.79 Å². The van der Waals surface area contributed by atoms with Crippen molar-refractivity contribution < 1.29 is 9.53 Å². The highest BCUT2D eigenvalue weighted by Crippen LogP contribution is 2.22. The van der Waals surface area contributed by atoms with Crippen LogP contribution in [0.5, 0.6) is 5.75 Å². The van der Waals surface area contributed by atoms with Crippen LogP contribution in [-0.2, 0) is 6.61 Å². The van der Waals surface area contributed by atoms with Crippen LogP contribution in [-0.4, -0.2) is 5.78 Å². The number of carbonyl (C=O) groups excluding carboxylic acids is 1. The number of benzene rings is 2. The summed E-state index contributed by atoms with van der Waals surface area (Å²) in [5, 5.41) is 0. The standard InChI is InChI=1S/C18H20O2/c1-12-5-8-18(17(9-12)15(4)19)20-11-16-7-6-13(2)14(3)10-16/h5-10H,11H2,1-4H3. The number of Topliss-reactive ketones (excluding diaryl/α,β-unsaturated/α-hetero) is 1. The number of ether oxygens (including phenoxy) is 1. The minimum atomic E-state index is 0.0313. The Kier molecular flexibility index (Phi) is 4.23. The second-order valence-electron chi connectivity index (χ2n) is 5.26. The molecule has 0 bridgehead atoms. The molecule has 0 amide bonds. The lowest BCUT2D eigenvalue weighted by atomic mass is 10.1. The van der Waals surface area contributed by atoms with E-state index in [1.807, 2.05) is 25.1 Å². The van der Waals surface area contributed by atoms with Crippen molar-refractivity contribution in [3.05, 3.63) is 64.2 Å². The maximum absolute atomic E-state index is 11.6. The van der Waals surface area contributed by atoms with E-state index < -0.39 is 0 Å². The molecule has 0 atom stereocenters. The van der Waals surface area contributed by atoms with E-state index in [-0.39, 0.29) is 5.78 Å². The molecular formula is C18H20O2. The molecule has 0 fully saturated rings. The Hall–Kier alpha value is -2.09. The van der Waals surface area contributed by atoms with Crippen LogP contribution < -0.4 is 4.74 Å². The largest absolute Gasteiger partial charge is 0.488 e. The molecule has 0 aromatic heterocycles. The molecule has 0 N–H and O–H groups in total. The quantitative estimate of drug-likeness (QED) is 0.768. The molecule has 2 nitrogen and oxygen atoms in total. The monoisotopic (exact) mass is 268 g/mol. The number of hydrogen-bond acceptors (Lipinski definition) is 2. The van der Waals surface area contributed by atoms with Crippen LogP contribution in [0.3, 0.4) is 0 Å². The van der Waals surface area contributed by atoms with E-state index in [1.165, 1.54) is 11.1 Å². The van der Waals surface area contributed by atoms with Crippen LogP contribution in [0.15, 0.2) is 36.4 Å². The lowest BCUT2D eigenvalue weighted by Crippen LogP contribution is -2.02. The summed E-state index contributed by atoms with van der Waals surface area (Å²) in [6.45, 7) is 8.20. The van der Waals surface area contributed by atoms with Gasteiger partial charge in [0.2, 0.25) is 0 Å². The molecule has 2 heteroatoms. The summed E-state index contributed by atoms with van der Waals surface area (Å²) in [5.74, 6) is 0.685. The van der Waals surface area contributed by atoms with Gasteiger partial charge in [-0.25, -0.2) is 0 Å². The van der Waals surface area contributed by atoms with Gasteiger partial charge in [-0.2, -0.15) is 0 Å². The predicted octanol–water partition coefficient (Wildman–Crippen LogP) is 4.39. The first-order chi connectivity index (χ1) is 9.47. The van der Waals surface area contributed by atoms with E-state index in [2.05, 4.69) is 32.0 Å². The second-order valence-corrected chi connectivity index (χ2v) is 5.26. The topological polar surface area (TPSA) is 26.3 Å². The highest BCUT2D eigenvalue weighted by molar-refractivity contribution is 5.97. The third-order valence-electron chi connectivity index (χ3n) is 3.48. The average molecular weight is 268 g/mol. The van der Waals surface area contributed by atoms with Crippen molar-refractivity contribution in [2.45, 2.75) is 34.3 Å². The molecular weight excluding hydrogens is 248 g/mol. The van der Waals surface area contributed by atoms with Gasteiger partial charge in [0.1, 0.15) is 12.4 Å². The Morgan fingerprint density at radius 2 is 1.75 bits per heavy atom. The molecule has 0 unspecified atom stereocenters. The van der Waals surface area contributed by atoms with Gasteiger partial charge in [-0.1, -0.05) is 29.8 Å². The molecule has 0 aliphatic rings. The van der Waals surface area contributed by atoms with Crippen molar-refractivity contribution in [3.63, 3.8) is 0 Å². The maximum atomic E-state index is 11.6. The summed E-state index contributed by atoms with van der Waals surface area (Å²) in [6.07, 6.45) is 0. The van der Waals surface area contributed by atoms with E-state index in [4.69, 9.17) is 4.74 Å². The number of ketones is 1. The van der Waals surface area contributed by atoms with Crippen LogP contribution in [0.2, 0.25) is 0 Å². The van der Waals surface area contributed by atoms with Crippen LogP contribution >= 0.6 is 0 Å². The molecule has 20 heavy (non-hydrogen) atoms. The van der Waals surface area contributed by atoms with E-state index in [9.17, 15) is 4.79 Å². The summed E-state index contributed by atoms with van der Waals surface area (Å²) >= 11 is 0. The van der Waals surface area contributed by atoms with Gasteiger partial charge in [-0.05, 0) is 56.5 Å². The zero-order chi connectivity index (χ0) is 14.7. The molecule has 2 rings (SSSR count). The van der Waals surface area contributed by atoms with E-state index in [0.29, 0.717) is 17.9 Å². The predicted molar refractivity (Wildman–Crippen MR) is 81.4 cm³/mol. The fourth-order valence-electron chi connectivity index (χ4n) is 2.10. The summed E-state index contributed by atoms with van der Waals surface area (Å²) in [4.78, 5) is 11.6. The summed E-state index contributed by atoms with van der Waals surface area (Å²) in [7, 11) is 0. The van der Waals surface area contributed by atoms with Crippen molar-refractivity contribution in [3.8, 4) is 5.75 Å². The van der Waals surface area contributed by atoms with Crippen LogP contribution in [0, 0.1) is 20.8 Å². The van der Waals surface area contributed by atoms with Crippen molar-refractivity contribution >= 4 is 5.78 Å².